The van der Waals surface area contributed by atoms with Crippen molar-refractivity contribution in [1.82, 2.24) is 29.4 Å². The lowest BCUT2D eigenvalue weighted by molar-refractivity contribution is -0.0698. The van der Waals surface area contributed by atoms with Crippen molar-refractivity contribution >= 4 is 16.7 Å². The highest BCUT2D eigenvalue weighted by Crippen LogP contribution is 2.36. The number of fused-ring (bicyclic) bond motifs is 1. The first-order valence-corrected chi connectivity index (χ1v) is 15.3. The molecule has 4 aromatic rings. The monoisotopic (exact) mass is 587 g/mol. The fourth-order valence-electron chi connectivity index (χ4n) is 6.01. The second kappa shape index (κ2) is 13.2. The quantitative estimate of drug-likeness (QED) is 0.246. The molecule has 11 heteroatoms. The van der Waals surface area contributed by atoms with Gasteiger partial charge in [0, 0.05) is 75.7 Å². The van der Waals surface area contributed by atoms with Crippen molar-refractivity contribution in [1.29, 1.82) is 0 Å². The van der Waals surface area contributed by atoms with E-state index in [-0.39, 0.29) is 17.7 Å². The van der Waals surface area contributed by atoms with Gasteiger partial charge in [-0.2, -0.15) is 5.10 Å². The molecule has 0 unspecified atom stereocenters. The van der Waals surface area contributed by atoms with Gasteiger partial charge in [-0.1, -0.05) is 24.3 Å². The van der Waals surface area contributed by atoms with E-state index in [0.29, 0.717) is 25.2 Å². The van der Waals surface area contributed by atoms with Gasteiger partial charge < -0.3 is 19.5 Å². The molecule has 2 fully saturated rings. The molecule has 43 heavy (non-hydrogen) atoms. The second-order valence-electron chi connectivity index (χ2n) is 11.5. The molecule has 3 aromatic heterocycles. The van der Waals surface area contributed by atoms with Gasteiger partial charge in [-0.3, -0.25) is 14.4 Å². The average molecular weight is 588 g/mol. The van der Waals surface area contributed by atoms with Crippen LogP contribution in [-0.2, 0) is 23.1 Å². The van der Waals surface area contributed by atoms with Gasteiger partial charge in [-0.05, 0) is 38.2 Å². The van der Waals surface area contributed by atoms with Gasteiger partial charge in [0.2, 0.25) is 5.88 Å². The van der Waals surface area contributed by atoms with E-state index in [9.17, 15) is 4.79 Å². The van der Waals surface area contributed by atoms with Crippen molar-refractivity contribution in [3.63, 3.8) is 0 Å². The van der Waals surface area contributed by atoms with E-state index >= 15 is 0 Å². The van der Waals surface area contributed by atoms with Crippen molar-refractivity contribution in [2.45, 2.75) is 57.4 Å². The standard InChI is InChI=1S/C32H41N7O4/c1-4-33-29-17-28-27(18-34-29)32(23-7-5-22(6-8-23)19-38-20-26(21-38)42-16-15-41-3)36-39(28)24-9-11-25(12-10-24)43-30-13-14-31(40)37(2)35-30/h5-8,13-14,17-18,24-26H,4,9-12,15-16,19-21H2,1-3H3,(H,33,34). The van der Waals surface area contributed by atoms with E-state index in [1.165, 1.54) is 16.3 Å². The van der Waals surface area contributed by atoms with Crippen molar-refractivity contribution in [3.05, 3.63) is 64.6 Å². The van der Waals surface area contributed by atoms with Crippen molar-refractivity contribution in [2.24, 2.45) is 7.05 Å². The van der Waals surface area contributed by atoms with Crippen molar-refractivity contribution in [3.8, 4) is 17.1 Å². The van der Waals surface area contributed by atoms with Gasteiger partial charge in [-0.15, -0.1) is 5.10 Å². The molecule has 0 spiro atoms. The molecule has 0 bridgehead atoms. The molecule has 0 atom stereocenters. The highest BCUT2D eigenvalue weighted by molar-refractivity contribution is 5.94. The van der Waals surface area contributed by atoms with Crippen LogP contribution in [0, 0.1) is 0 Å². The number of benzene rings is 1. The second-order valence-corrected chi connectivity index (χ2v) is 11.5. The number of ether oxygens (including phenoxy) is 3. The van der Waals surface area contributed by atoms with Crippen molar-refractivity contribution < 1.29 is 14.2 Å². The van der Waals surface area contributed by atoms with Crippen LogP contribution in [-0.4, -0.2) is 81.6 Å². The molecule has 1 aliphatic carbocycles. The fourth-order valence-corrected chi connectivity index (χ4v) is 6.01. The van der Waals surface area contributed by atoms with E-state index in [0.717, 1.165) is 79.8 Å². The van der Waals surface area contributed by atoms with Crippen molar-refractivity contribution in [2.75, 3.05) is 45.3 Å². The van der Waals surface area contributed by atoms with Crippen LogP contribution in [0.5, 0.6) is 5.88 Å². The lowest BCUT2D eigenvalue weighted by Gasteiger charge is -2.38. The SMILES string of the molecule is CCNc1cc2c(cn1)c(-c1ccc(CN3CC(OCCOC)C3)cc1)nn2C1CCC(Oc2ccc(=O)n(C)n2)CC1. The number of nitrogens with zero attached hydrogens (tertiary/aromatic N) is 6. The zero-order valence-electron chi connectivity index (χ0n) is 25.2. The predicted octanol–water partition coefficient (Wildman–Crippen LogP) is 4.03. The fraction of sp³-hybridized carbons (Fsp3) is 0.500. The maximum Gasteiger partial charge on any atom is 0.266 e. The molecule has 0 amide bonds. The Labute approximate surface area is 251 Å². The van der Waals surface area contributed by atoms with Crippen LogP contribution >= 0.6 is 0 Å². The summed E-state index contributed by atoms with van der Waals surface area (Å²) < 4.78 is 20.5. The molecule has 2 aliphatic rings. The van der Waals surface area contributed by atoms with E-state index in [2.05, 4.69) is 62.2 Å². The lowest BCUT2D eigenvalue weighted by atomic mass is 9.93. The Kier molecular flexibility index (Phi) is 9.01. The highest BCUT2D eigenvalue weighted by Gasteiger charge is 2.28. The van der Waals surface area contributed by atoms with Gasteiger partial charge >= 0.3 is 0 Å². The molecule has 4 heterocycles. The summed E-state index contributed by atoms with van der Waals surface area (Å²) in [6, 6.07) is 14.3. The summed E-state index contributed by atoms with van der Waals surface area (Å²) in [6.45, 7) is 6.99. The van der Waals surface area contributed by atoms with Gasteiger partial charge in [0.15, 0.2) is 0 Å². The summed E-state index contributed by atoms with van der Waals surface area (Å²) in [4.78, 5) is 18.8. The van der Waals surface area contributed by atoms with E-state index in [1.807, 2.05) is 6.20 Å². The largest absolute Gasteiger partial charge is 0.473 e. The zero-order valence-corrected chi connectivity index (χ0v) is 25.2. The minimum absolute atomic E-state index is 0.0627. The summed E-state index contributed by atoms with van der Waals surface area (Å²) in [6.07, 6.45) is 5.97. The number of pyridine rings is 1. The molecule has 1 saturated heterocycles. The summed E-state index contributed by atoms with van der Waals surface area (Å²) in [5, 5.41) is 13.8. The van der Waals surface area contributed by atoms with E-state index in [1.54, 1.807) is 20.2 Å². The van der Waals surface area contributed by atoms with Gasteiger partial charge in [0.05, 0.1) is 30.9 Å². The zero-order chi connectivity index (χ0) is 29.8. The third-order valence-electron chi connectivity index (χ3n) is 8.36. The summed E-state index contributed by atoms with van der Waals surface area (Å²) in [5.74, 6) is 1.35. The smallest absolute Gasteiger partial charge is 0.266 e. The highest BCUT2D eigenvalue weighted by atomic mass is 16.5. The lowest BCUT2D eigenvalue weighted by Crippen LogP contribution is -2.51. The number of anilines is 1. The van der Waals surface area contributed by atoms with Gasteiger partial charge in [0.1, 0.15) is 17.6 Å². The summed E-state index contributed by atoms with van der Waals surface area (Å²) in [7, 11) is 3.34. The Morgan fingerprint density at radius 3 is 2.49 bits per heavy atom. The Hall–Kier alpha value is -3.80. The van der Waals surface area contributed by atoms with Crippen LogP contribution in [0.3, 0.4) is 0 Å². The van der Waals surface area contributed by atoms with Crippen LogP contribution in [0.25, 0.3) is 22.2 Å². The number of hydrogen-bond acceptors (Lipinski definition) is 9. The van der Waals surface area contributed by atoms with E-state index in [4.69, 9.17) is 19.3 Å². The number of nitrogens with one attached hydrogen (secondary N) is 1. The summed E-state index contributed by atoms with van der Waals surface area (Å²) >= 11 is 0. The first-order valence-electron chi connectivity index (χ1n) is 15.3. The molecular formula is C32H41N7O4. The van der Waals surface area contributed by atoms with Gasteiger partial charge in [0.25, 0.3) is 5.56 Å². The maximum absolute atomic E-state index is 11.7. The topological polar surface area (TPSA) is 109 Å². The Morgan fingerprint density at radius 1 is 0.977 bits per heavy atom. The van der Waals surface area contributed by atoms with Crippen LogP contribution in [0.2, 0.25) is 0 Å². The molecular weight excluding hydrogens is 546 g/mol. The first kappa shape index (κ1) is 29.3. The van der Waals surface area contributed by atoms with Crippen LogP contribution in [0.4, 0.5) is 5.82 Å². The van der Waals surface area contributed by atoms with Crippen LogP contribution in [0.1, 0.15) is 44.2 Å². The molecule has 1 aliphatic heterocycles. The predicted molar refractivity (Wildman–Crippen MR) is 165 cm³/mol. The normalized spacial score (nSPS) is 19.4. The summed E-state index contributed by atoms with van der Waals surface area (Å²) in [5.41, 5.74) is 4.27. The number of aromatic nitrogens is 5. The molecule has 1 aromatic carbocycles. The molecule has 228 valence electrons. The minimum Gasteiger partial charge on any atom is -0.473 e. The number of rotatable bonds is 12. The number of hydrogen-bond donors (Lipinski definition) is 1. The molecule has 0 radical (unpaired) electrons. The molecule has 6 rings (SSSR count). The Balaban J connectivity index is 1.15. The molecule has 1 N–H and O–H groups in total. The Bertz CT molecular complexity index is 1570. The Morgan fingerprint density at radius 2 is 1.77 bits per heavy atom. The van der Waals surface area contributed by atoms with Crippen LogP contribution < -0.4 is 15.6 Å². The third-order valence-corrected chi connectivity index (χ3v) is 8.36. The molecule has 11 nitrogen and oxygen atoms in total. The third kappa shape index (κ3) is 6.74. The van der Waals surface area contributed by atoms with Crippen LogP contribution in [0.15, 0.2) is 53.5 Å². The van der Waals surface area contributed by atoms with Gasteiger partial charge in [-0.25, -0.2) is 9.67 Å². The number of likely N-dealkylation sites (tertiary alicyclic amines) is 1. The minimum atomic E-state index is -0.146. The average Bonchev–Trinajstić information content (AvgIpc) is 3.37. The first-order chi connectivity index (χ1) is 21.0. The van der Waals surface area contributed by atoms with E-state index < -0.39 is 0 Å². The molecule has 1 saturated carbocycles. The number of methoxy groups -OCH3 is 1. The number of aryl methyl sites for hydroxylation is 1. The maximum atomic E-state index is 11.7.